The van der Waals surface area contributed by atoms with Gasteiger partial charge in [-0.1, -0.05) is 54.1 Å². The average molecular weight is 382 g/mol. The number of nitrogens with one attached hydrogen (secondary N) is 1. The summed E-state index contributed by atoms with van der Waals surface area (Å²) in [5.41, 5.74) is 5.74. The molecule has 3 nitrogen and oxygen atoms in total. The molecule has 140 valence electrons. The third-order valence-corrected chi connectivity index (χ3v) is 4.88. The zero-order chi connectivity index (χ0) is 19.2. The maximum Gasteiger partial charge on any atom is 0.180 e. The summed E-state index contributed by atoms with van der Waals surface area (Å²) in [5.74, 6) is 1.20. The minimum atomic E-state index is 0.441. The minimum Gasteiger partial charge on any atom is -0.493 e. The highest BCUT2D eigenvalue weighted by Gasteiger charge is 2.13. The molecule has 27 heavy (non-hydrogen) atoms. The molecule has 0 atom stereocenters. The molecule has 0 spiro atoms. The van der Waals surface area contributed by atoms with Gasteiger partial charge in [0.05, 0.1) is 12.1 Å². The highest BCUT2D eigenvalue weighted by molar-refractivity contribution is 6.32. The van der Waals surface area contributed by atoms with E-state index in [0.717, 1.165) is 16.8 Å². The van der Waals surface area contributed by atoms with Gasteiger partial charge in [0.1, 0.15) is 6.61 Å². The van der Waals surface area contributed by atoms with Crippen LogP contribution in [0.4, 0.5) is 5.69 Å². The smallest absolute Gasteiger partial charge is 0.180 e. The maximum atomic E-state index is 6.49. The van der Waals surface area contributed by atoms with Crippen LogP contribution in [0.3, 0.4) is 0 Å². The average Bonchev–Trinajstić information content (AvgIpc) is 2.68. The van der Waals surface area contributed by atoms with Gasteiger partial charge in [0.2, 0.25) is 0 Å². The molecule has 0 aliphatic heterocycles. The van der Waals surface area contributed by atoms with Gasteiger partial charge in [0.15, 0.2) is 11.5 Å². The highest BCUT2D eigenvalue weighted by Crippen LogP contribution is 2.37. The van der Waals surface area contributed by atoms with Crippen molar-refractivity contribution in [2.75, 3.05) is 12.4 Å². The Hall–Kier alpha value is -2.65. The largest absolute Gasteiger partial charge is 0.493 e. The molecule has 0 aliphatic carbocycles. The molecule has 0 aliphatic rings. The zero-order valence-corrected chi connectivity index (χ0v) is 16.6. The molecule has 0 heterocycles. The van der Waals surface area contributed by atoms with Gasteiger partial charge in [-0.05, 0) is 54.3 Å². The van der Waals surface area contributed by atoms with Gasteiger partial charge in [-0.3, -0.25) is 0 Å². The Labute approximate surface area is 165 Å². The van der Waals surface area contributed by atoms with Crippen LogP contribution in [-0.4, -0.2) is 7.11 Å². The number of hydrogen-bond donors (Lipinski definition) is 1. The third-order valence-electron chi connectivity index (χ3n) is 4.60. The van der Waals surface area contributed by atoms with Crippen LogP contribution in [0.2, 0.25) is 5.02 Å². The fourth-order valence-corrected chi connectivity index (χ4v) is 3.17. The second-order valence-electron chi connectivity index (χ2n) is 6.48. The van der Waals surface area contributed by atoms with Gasteiger partial charge >= 0.3 is 0 Å². The van der Waals surface area contributed by atoms with Crippen LogP contribution in [0, 0.1) is 13.8 Å². The van der Waals surface area contributed by atoms with Crippen molar-refractivity contribution in [2.24, 2.45) is 0 Å². The molecule has 0 saturated heterocycles. The summed E-state index contributed by atoms with van der Waals surface area (Å²) in [6.07, 6.45) is 0. The van der Waals surface area contributed by atoms with E-state index in [1.807, 2.05) is 42.5 Å². The Morgan fingerprint density at radius 3 is 2.44 bits per heavy atom. The first-order valence-corrected chi connectivity index (χ1v) is 9.29. The van der Waals surface area contributed by atoms with E-state index < -0.39 is 0 Å². The summed E-state index contributed by atoms with van der Waals surface area (Å²) < 4.78 is 11.4. The van der Waals surface area contributed by atoms with E-state index >= 15 is 0 Å². The lowest BCUT2D eigenvalue weighted by Crippen LogP contribution is -2.04. The van der Waals surface area contributed by atoms with Gasteiger partial charge in [0, 0.05) is 12.2 Å². The lowest BCUT2D eigenvalue weighted by atomic mass is 10.1. The van der Waals surface area contributed by atoms with Gasteiger partial charge in [-0.25, -0.2) is 0 Å². The molecule has 0 saturated carbocycles. The van der Waals surface area contributed by atoms with Gasteiger partial charge in [-0.15, -0.1) is 0 Å². The summed E-state index contributed by atoms with van der Waals surface area (Å²) >= 11 is 6.49. The van der Waals surface area contributed by atoms with E-state index in [1.54, 1.807) is 7.11 Å². The first-order chi connectivity index (χ1) is 13.1. The molecule has 0 bridgehead atoms. The second-order valence-corrected chi connectivity index (χ2v) is 6.89. The number of hydrogen-bond acceptors (Lipinski definition) is 3. The number of halogens is 1. The molecule has 1 N–H and O–H groups in total. The van der Waals surface area contributed by atoms with Gasteiger partial charge < -0.3 is 14.8 Å². The Kier molecular flexibility index (Phi) is 6.25. The van der Waals surface area contributed by atoms with Crippen molar-refractivity contribution < 1.29 is 9.47 Å². The number of methoxy groups -OCH3 is 1. The van der Waals surface area contributed by atoms with Crippen molar-refractivity contribution in [2.45, 2.75) is 27.0 Å². The molecule has 3 aromatic rings. The predicted molar refractivity (Wildman–Crippen MR) is 112 cm³/mol. The van der Waals surface area contributed by atoms with Crippen molar-refractivity contribution in [1.82, 2.24) is 0 Å². The summed E-state index contributed by atoms with van der Waals surface area (Å²) in [6.45, 7) is 5.32. The standard InChI is InChI=1S/C23H24ClNO2/c1-16-8-7-11-21(17(16)2)25-14-19-12-20(24)23(22(13-19)26-3)27-15-18-9-5-4-6-10-18/h4-13,25H,14-15H2,1-3H3. The monoisotopic (exact) mass is 381 g/mol. The van der Waals surface area contributed by atoms with E-state index in [-0.39, 0.29) is 0 Å². The zero-order valence-electron chi connectivity index (χ0n) is 15.9. The van der Waals surface area contributed by atoms with Crippen molar-refractivity contribution in [1.29, 1.82) is 0 Å². The van der Waals surface area contributed by atoms with Crippen molar-refractivity contribution in [3.63, 3.8) is 0 Å². The normalized spacial score (nSPS) is 10.5. The van der Waals surface area contributed by atoms with Gasteiger partial charge in [-0.2, -0.15) is 0 Å². The number of rotatable bonds is 7. The molecular weight excluding hydrogens is 358 g/mol. The molecule has 0 radical (unpaired) electrons. The molecule has 3 aromatic carbocycles. The summed E-state index contributed by atoms with van der Waals surface area (Å²) in [4.78, 5) is 0. The summed E-state index contributed by atoms with van der Waals surface area (Å²) in [5, 5.41) is 4.02. The number of benzene rings is 3. The lowest BCUT2D eigenvalue weighted by molar-refractivity contribution is 0.284. The quantitative estimate of drug-likeness (QED) is 0.531. The Balaban J connectivity index is 1.74. The molecule has 4 heteroatoms. The molecular formula is C23H24ClNO2. The van der Waals surface area contributed by atoms with Crippen LogP contribution in [0.1, 0.15) is 22.3 Å². The van der Waals surface area contributed by atoms with Crippen molar-refractivity contribution in [3.8, 4) is 11.5 Å². The molecule has 0 amide bonds. The number of anilines is 1. The fraction of sp³-hybridized carbons (Fsp3) is 0.217. The minimum absolute atomic E-state index is 0.441. The van der Waals surface area contributed by atoms with E-state index in [4.69, 9.17) is 21.1 Å². The molecule has 0 fully saturated rings. The Morgan fingerprint density at radius 2 is 1.70 bits per heavy atom. The third kappa shape index (κ3) is 4.75. The lowest BCUT2D eigenvalue weighted by Gasteiger charge is -2.16. The fourth-order valence-electron chi connectivity index (χ4n) is 2.88. The van der Waals surface area contributed by atoms with E-state index in [1.165, 1.54) is 11.1 Å². The van der Waals surface area contributed by atoms with E-state index in [9.17, 15) is 0 Å². The van der Waals surface area contributed by atoms with E-state index in [0.29, 0.717) is 29.7 Å². The number of ether oxygens (including phenoxy) is 2. The molecule has 0 aromatic heterocycles. The van der Waals surface area contributed by atoms with Crippen molar-refractivity contribution >= 4 is 17.3 Å². The van der Waals surface area contributed by atoms with Gasteiger partial charge in [0.25, 0.3) is 0 Å². The van der Waals surface area contributed by atoms with Crippen LogP contribution in [0.25, 0.3) is 0 Å². The maximum absolute atomic E-state index is 6.49. The SMILES string of the molecule is COc1cc(CNc2cccc(C)c2C)cc(Cl)c1OCc1ccccc1. The van der Waals surface area contributed by atoms with Crippen LogP contribution in [0.15, 0.2) is 60.7 Å². The van der Waals surface area contributed by atoms with Crippen molar-refractivity contribution in [3.05, 3.63) is 87.9 Å². The summed E-state index contributed by atoms with van der Waals surface area (Å²) in [7, 11) is 1.63. The predicted octanol–water partition coefficient (Wildman–Crippen LogP) is 6.16. The number of aryl methyl sites for hydroxylation is 1. The van der Waals surface area contributed by atoms with Crippen LogP contribution in [0.5, 0.6) is 11.5 Å². The van der Waals surface area contributed by atoms with E-state index in [2.05, 4.69) is 37.4 Å². The molecule has 0 unspecified atom stereocenters. The van der Waals surface area contributed by atoms with Crippen LogP contribution >= 0.6 is 11.6 Å². The molecule has 3 rings (SSSR count). The van der Waals surface area contributed by atoms with Crippen LogP contribution in [-0.2, 0) is 13.2 Å². The van der Waals surface area contributed by atoms with Crippen LogP contribution < -0.4 is 14.8 Å². The first-order valence-electron chi connectivity index (χ1n) is 8.91. The summed E-state index contributed by atoms with van der Waals surface area (Å²) in [6, 6.07) is 20.1. The topological polar surface area (TPSA) is 30.5 Å². The Bertz CT molecular complexity index is 910. The first kappa shape index (κ1) is 19.1. The second kappa shape index (κ2) is 8.83. The Morgan fingerprint density at radius 1 is 0.926 bits per heavy atom. The highest BCUT2D eigenvalue weighted by atomic mass is 35.5.